The van der Waals surface area contributed by atoms with E-state index in [0.717, 1.165) is 28.8 Å². The van der Waals surface area contributed by atoms with Gasteiger partial charge in [0.25, 0.3) is 5.69 Å². The number of rotatable bonds is 4. The van der Waals surface area contributed by atoms with Gasteiger partial charge in [0.1, 0.15) is 5.82 Å². The molecule has 0 amide bonds. The average molecular weight is 287 g/mol. The molecule has 21 heavy (non-hydrogen) atoms. The molecule has 0 unspecified atom stereocenters. The van der Waals surface area contributed by atoms with Crippen molar-refractivity contribution in [2.75, 3.05) is 0 Å². The Kier molecular flexibility index (Phi) is 4.12. The van der Waals surface area contributed by atoms with Gasteiger partial charge in [-0.15, -0.1) is 0 Å². The second-order valence-electron chi connectivity index (χ2n) is 4.95. The van der Waals surface area contributed by atoms with Crippen molar-refractivity contribution in [1.82, 2.24) is 0 Å². The molecule has 0 fully saturated rings. The molecule has 0 radical (unpaired) electrons. The van der Waals surface area contributed by atoms with Crippen LogP contribution in [0.1, 0.15) is 27.0 Å². The van der Waals surface area contributed by atoms with E-state index in [1.807, 2.05) is 32.0 Å². The predicted octanol–water partition coefficient (Wildman–Crippen LogP) is 3.78. The Morgan fingerprint density at radius 1 is 1.19 bits per heavy atom. The van der Waals surface area contributed by atoms with Crippen LogP contribution in [0.5, 0.6) is 0 Å². The van der Waals surface area contributed by atoms with Crippen molar-refractivity contribution < 1.29 is 14.1 Å². The van der Waals surface area contributed by atoms with E-state index in [9.17, 15) is 19.3 Å². The van der Waals surface area contributed by atoms with Crippen molar-refractivity contribution in [2.24, 2.45) is 0 Å². The Bertz CT molecular complexity index is 725. The summed E-state index contributed by atoms with van der Waals surface area (Å²) in [6, 6.07) is 8.81. The molecule has 2 rings (SSSR count). The number of aryl methyl sites for hydroxylation is 2. The lowest BCUT2D eigenvalue weighted by Crippen LogP contribution is -2.08. The molecule has 2 aromatic rings. The fourth-order valence-electron chi connectivity index (χ4n) is 2.10. The van der Waals surface area contributed by atoms with E-state index >= 15 is 0 Å². The lowest BCUT2D eigenvalue weighted by Gasteiger charge is -2.07. The number of ketones is 1. The molecule has 2 aromatic carbocycles. The predicted molar refractivity (Wildman–Crippen MR) is 77.0 cm³/mol. The summed E-state index contributed by atoms with van der Waals surface area (Å²) in [5, 5.41) is 10.6. The molecule has 0 spiro atoms. The van der Waals surface area contributed by atoms with Crippen molar-refractivity contribution in [3.8, 4) is 0 Å². The molecule has 0 aliphatic carbocycles. The molecule has 0 saturated carbocycles. The van der Waals surface area contributed by atoms with Crippen molar-refractivity contribution >= 4 is 11.5 Å². The van der Waals surface area contributed by atoms with Gasteiger partial charge >= 0.3 is 0 Å². The van der Waals surface area contributed by atoms with Gasteiger partial charge in [0, 0.05) is 12.5 Å². The first-order valence-corrected chi connectivity index (χ1v) is 6.42. The minimum Gasteiger partial charge on any atom is -0.294 e. The van der Waals surface area contributed by atoms with Crippen LogP contribution < -0.4 is 0 Å². The molecule has 0 aromatic heterocycles. The Morgan fingerprint density at radius 3 is 2.52 bits per heavy atom. The molecule has 4 nitrogen and oxygen atoms in total. The van der Waals surface area contributed by atoms with Crippen LogP contribution >= 0.6 is 0 Å². The minimum absolute atomic E-state index is 0.0717. The van der Waals surface area contributed by atoms with Gasteiger partial charge in [-0.3, -0.25) is 14.9 Å². The molecule has 0 aliphatic heterocycles. The zero-order valence-electron chi connectivity index (χ0n) is 11.7. The molecular formula is C16H14FNO3. The van der Waals surface area contributed by atoms with Gasteiger partial charge < -0.3 is 0 Å². The first-order chi connectivity index (χ1) is 9.88. The highest BCUT2D eigenvalue weighted by molar-refractivity contribution is 5.98. The first-order valence-electron chi connectivity index (χ1n) is 6.42. The van der Waals surface area contributed by atoms with Gasteiger partial charge in [0.05, 0.1) is 16.6 Å². The Balaban J connectivity index is 2.28. The molecule has 0 heterocycles. The second-order valence-corrected chi connectivity index (χ2v) is 4.95. The summed E-state index contributed by atoms with van der Waals surface area (Å²) >= 11 is 0. The highest BCUT2D eigenvalue weighted by Crippen LogP contribution is 2.19. The van der Waals surface area contributed by atoms with Gasteiger partial charge in [-0.25, -0.2) is 4.39 Å². The maximum atomic E-state index is 13.8. The fraction of sp³-hybridized carbons (Fsp3) is 0.188. The van der Waals surface area contributed by atoms with Gasteiger partial charge in [-0.1, -0.05) is 23.8 Å². The Labute approximate surface area is 121 Å². The number of halogens is 1. The average Bonchev–Trinajstić information content (AvgIpc) is 2.42. The van der Waals surface area contributed by atoms with Crippen LogP contribution in [0, 0.1) is 29.8 Å². The zero-order chi connectivity index (χ0) is 15.6. The summed E-state index contributed by atoms with van der Waals surface area (Å²) in [4.78, 5) is 22.0. The first kappa shape index (κ1) is 14.8. The van der Waals surface area contributed by atoms with Crippen LogP contribution in [-0.2, 0) is 6.42 Å². The SMILES string of the molecule is Cc1ccc(C)c(CC(=O)c2ccc([N+](=O)[O-])cc2F)c1. The largest absolute Gasteiger partial charge is 0.294 e. The summed E-state index contributed by atoms with van der Waals surface area (Å²) < 4.78 is 13.8. The summed E-state index contributed by atoms with van der Waals surface area (Å²) in [6.45, 7) is 3.80. The van der Waals surface area contributed by atoms with E-state index in [-0.39, 0.29) is 17.7 Å². The molecule has 0 atom stereocenters. The van der Waals surface area contributed by atoms with E-state index in [1.165, 1.54) is 6.07 Å². The van der Waals surface area contributed by atoms with Crippen molar-refractivity contribution in [3.63, 3.8) is 0 Å². The number of nitro benzene ring substituents is 1. The van der Waals surface area contributed by atoms with Gasteiger partial charge in [0.2, 0.25) is 0 Å². The summed E-state index contributed by atoms with van der Waals surface area (Å²) in [5.74, 6) is -1.25. The smallest absolute Gasteiger partial charge is 0.272 e. The number of nitrogens with zero attached hydrogens (tertiary/aromatic N) is 1. The lowest BCUT2D eigenvalue weighted by atomic mass is 9.97. The second kappa shape index (κ2) is 5.83. The maximum absolute atomic E-state index is 13.8. The van der Waals surface area contributed by atoms with Crippen molar-refractivity contribution in [2.45, 2.75) is 20.3 Å². The topological polar surface area (TPSA) is 60.2 Å². The Hall–Kier alpha value is -2.56. The molecule has 5 heteroatoms. The quantitative estimate of drug-likeness (QED) is 0.488. The minimum atomic E-state index is -0.862. The third-order valence-corrected chi connectivity index (χ3v) is 3.32. The molecular weight excluding hydrogens is 273 g/mol. The summed E-state index contributed by atoms with van der Waals surface area (Å²) in [5.41, 5.74) is 2.32. The van der Waals surface area contributed by atoms with Crippen LogP contribution in [0.15, 0.2) is 36.4 Å². The Morgan fingerprint density at radius 2 is 1.90 bits per heavy atom. The van der Waals surface area contributed by atoms with Gasteiger partial charge in [-0.05, 0) is 31.0 Å². The number of benzene rings is 2. The lowest BCUT2D eigenvalue weighted by molar-refractivity contribution is -0.385. The maximum Gasteiger partial charge on any atom is 0.272 e. The third kappa shape index (κ3) is 3.31. The molecule has 0 saturated heterocycles. The van der Waals surface area contributed by atoms with Crippen molar-refractivity contribution in [1.29, 1.82) is 0 Å². The summed E-state index contributed by atoms with van der Waals surface area (Å²) in [7, 11) is 0. The van der Waals surface area contributed by atoms with Crippen LogP contribution in [0.3, 0.4) is 0 Å². The highest BCUT2D eigenvalue weighted by Gasteiger charge is 2.17. The number of carbonyl (C=O) groups excluding carboxylic acids is 1. The number of carbonyl (C=O) groups is 1. The normalized spacial score (nSPS) is 10.4. The molecule has 108 valence electrons. The van der Waals surface area contributed by atoms with E-state index < -0.39 is 16.5 Å². The third-order valence-electron chi connectivity index (χ3n) is 3.32. The molecule has 0 N–H and O–H groups in total. The highest BCUT2D eigenvalue weighted by atomic mass is 19.1. The van der Waals surface area contributed by atoms with Crippen LogP contribution in [-0.4, -0.2) is 10.7 Å². The van der Waals surface area contributed by atoms with Gasteiger partial charge in [0.15, 0.2) is 5.78 Å². The van der Waals surface area contributed by atoms with Gasteiger partial charge in [-0.2, -0.15) is 0 Å². The number of Topliss-reactive ketones (excluding diaryl/α,β-unsaturated/α-hetero) is 1. The van der Waals surface area contributed by atoms with E-state index in [4.69, 9.17) is 0 Å². The number of non-ortho nitro benzene ring substituents is 1. The van der Waals surface area contributed by atoms with E-state index in [2.05, 4.69) is 0 Å². The monoisotopic (exact) mass is 287 g/mol. The van der Waals surface area contributed by atoms with Crippen LogP contribution in [0.2, 0.25) is 0 Å². The number of hydrogen-bond donors (Lipinski definition) is 0. The van der Waals surface area contributed by atoms with Crippen molar-refractivity contribution in [3.05, 3.63) is 74.6 Å². The fourth-order valence-corrected chi connectivity index (χ4v) is 2.10. The summed E-state index contributed by atoms with van der Waals surface area (Å²) in [6.07, 6.45) is 0.0717. The molecule has 0 bridgehead atoms. The molecule has 0 aliphatic rings. The van der Waals surface area contributed by atoms with E-state index in [1.54, 1.807) is 0 Å². The number of nitro groups is 1. The standard InChI is InChI=1S/C16H14FNO3/c1-10-3-4-11(2)12(7-10)8-16(19)14-6-5-13(18(20)21)9-15(14)17/h3-7,9H,8H2,1-2H3. The van der Waals surface area contributed by atoms with E-state index in [0.29, 0.717) is 0 Å². The van der Waals surface area contributed by atoms with Crippen LogP contribution in [0.25, 0.3) is 0 Å². The zero-order valence-corrected chi connectivity index (χ0v) is 11.7. The van der Waals surface area contributed by atoms with Crippen LogP contribution in [0.4, 0.5) is 10.1 Å². The number of hydrogen-bond acceptors (Lipinski definition) is 3.